The maximum Gasteiger partial charge on any atom is 0.231 e. The average molecular weight is 443 g/mol. The summed E-state index contributed by atoms with van der Waals surface area (Å²) in [5.41, 5.74) is 4.84. The van der Waals surface area contributed by atoms with E-state index in [-0.39, 0.29) is 11.7 Å². The second kappa shape index (κ2) is 9.40. The Morgan fingerprint density at radius 3 is 2.16 bits per heavy atom. The normalized spacial score (nSPS) is 11.3. The molecule has 1 aromatic heterocycles. The second-order valence-electron chi connectivity index (χ2n) is 7.95. The molecule has 0 spiro atoms. The molecule has 0 bridgehead atoms. The van der Waals surface area contributed by atoms with E-state index in [1.165, 1.54) is 22.9 Å². The van der Waals surface area contributed by atoms with Gasteiger partial charge in [0, 0.05) is 5.69 Å². The third kappa shape index (κ3) is 4.60. The highest BCUT2D eigenvalue weighted by molar-refractivity contribution is 7.99. The van der Waals surface area contributed by atoms with E-state index in [1.54, 1.807) is 6.33 Å². The van der Waals surface area contributed by atoms with Gasteiger partial charge in [0.05, 0.1) is 11.3 Å². The lowest BCUT2D eigenvalue weighted by Gasteiger charge is -2.32. The fourth-order valence-corrected chi connectivity index (χ4v) is 4.40. The standard InChI is InChI=1S/C26H26N4OS/c1-19-14-15-23(16-20(19)2)30-18-27-29-25(30)32-17-24(31)28-26(3,21-10-6-4-7-11-21)22-12-8-5-9-13-22/h4-16,18H,17H2,1-3H3,(H,28,31). The smallest absolute Gasteiger partial charge is 0.231 e. The molecule has 0 aliphatic heterocycles. The molecule has 1 heterocycles. The van der Waals surface area contributed by atoms with Crippen molar-refractivity contribution in [2.45, 2.75) is 31.5 Å². The van der Waals surface area contributed by atoms with Crippen molar-refractivity contribution in [2.75, 3.05) is 5.75 Å². The summed E-state index contributed by atoms with van der Waals surface area (Å²) >= 11 is 1.38. The molecule has 0 radical (unpaired) electrons. The van der Waals surface area contributed by atoms with Gasteiger partial charge in [0.15, 0.2) is 5.16 Å². The number of benzene rings is 3. The van der Waals surface area contributed by atoms with Crippen molar-refractivity contribution < 1.29 is 4.79 Å². The minimum absolute atomic E-state index is 0.0696. The van der Waals surface area contributed by atoms with E-state index in [4.69, 9.17) is 0 Å². The first-order chi connectivity index (χ1) is 15.5. The molecule has 0 aliphatic rings. The Hall–Kier alpha value is -3.38. The largest absolute Gasteiger partial charge is 0.342 e. The van der Waals surface area contributed by atoms with Crippen LogP contribution in [-0.2, 0) is 10.3 Å². The van der Waals surface area contributed by atoms with Crippen LogP contribution in [0, 0.1) is 13.8 Å². The van der Waals surface area contributed by atoms with E-state index in [0.717, 1.165) is 16.8 Å². The summed E-state index contributed by atoms with van der Waals surface area (Å²) in [7, 11) is 0. The maximum atomic E-state index is 13.1. The molecule has 6 heteroatoms. The van der Waals surface area contributed by atoms with Crippen LogP contribution in [-0.4, -0.2) is 26.4 Å². The Kier molecular flexibility index (Phi) is 6.42. The molecule has 162 valence electrons. The van der Waals surface area contributed by atoms with Crippen LogP contribution < -0.4 is 5.32 Å². The molecular formula is C26H26N4OS. The molecule has 0 saturated heterocycles. The number of aryl methyl sites for hydroxylation is 2. The van der Waals surface area contributed by atoms with E-state index >= 15 is 0 Å². The number of carbonyl (C=O) groups excluding carboxylic acids is 1. The Bertz CT molecular complexity index is 1170. The van der Waals surface area contributed by atoms with Crippen molar-refractivity contribution in [3.63, 3.8) is 0 Å². The number of rotatable bonds is 7. The van der Waals surface area contributed by atoms with Crippen LogP contribution in [0.3, 0.4) is 0 Å². The minimum Gasteiger partial charge on any atom is -0.342 e. The van der Waals surface area contributed by atoms with Gasteiger partial charge in [0.25, 0.3) is 0 Å². The Balaban J connectivity index is 1.52. The molecule has 0 aliphatic carbocycles. The van der Waals surface area contributed by atoms with Crippen molar-refractivity contribution in [1.29, 1.82) is 0 Å². The molecule has 0 atom stereocenters. The predicted octanol–water partition coefficient (Wildman–Crippen LogP) is 5.06. The van der Waals surface area contributed by atoms with Gasteiger partial charge >= 0.3 is 0 Å². The fraction of sp³-hybridized carbons (Fsp3) is 0.192. The molecule has 4 aromatic rings. The lowest BCUT2D eigenvalue weighted by Crippen LogP contribution is -2.45. The van der Waals surface area contributed by atoms with Gasteiger partial charge in [-0.15, -0.1) is 10.2 Å². The number of nitrogens with one attached hydrogen (secondary N) is 1. The number of hydrogen-bond acceptors (Lipinski definition) is 4. The zero-order chi connectivity index (χ0) is 22.6. The van der Waals surface area contributed by atoms with Gasteiger partial charge in [-0.25, -0.2) is 0 Å². The van der Waals surface area contributed by atoms with Gasteiger partial charge in [-0.2, -0.15) is 0 Å². The number of aromatic nitrogens is 3. The quantitative estimate of drug-likeness (QED) is 0.407. The summed E-state index contributed by atoms with van der Waals surface area (Å²) in [5.74, 6) is 0.165. The first-order valence-corrected chi connectivity index (χ1v) is 11.5. The molecular weight excluding hydrogens is 416 g/mol. The third-order valence-corrected chi connectivity index (χ3v) is 6.65. The third-order valence-electron chi connectivity index (χ3n) is 5.71. The number of thioether (sulfide) groups is 1. The van der Waals surface area contributed by atoms with E-state index < -0.39 is 5.54 Å². The average Bonchev–Trinajstić information content (AvgIpc) is 3.29. The SMILES string of the molecule is Cc1ccc(-n2cnnc2SCC(=O)NC(C)(c2ccccc2)c2ccccc2)cc1C. The number of carbonyl (C=O) groups is 1. The molecule has 0 fully saturated rings. The monoisotopic (exact) mass is 442 g/mol. The van der Waals surface area contributed by atoms with Crippen LogP contribution in [0.25, 0.3) is 5.69 Å². The van der Waals surface area contributed by atoms with E-state index in [0.29, 0.717) is 5.16 Å². The molecule has 0 unspecified atom stereocenters. The zero-order valence-corrected chi connectivity index (χ0v) is 19.3. The zero-order valence-electron chi connectivity index (χ0n) is 18.4. The molecule has 32 heavy (non-hydrogen) atoms. The Morgan fingerprint density at radius 2 is 1.56 bits per heavy atom. The van der Waals surface area contributed by atoms with Crippen molar-refractivity contribution in [3.8, 4) is 5.69 Å². The lowest BCUT2D eigenvalue weighted by molar-refractivity contribution is -0.120. The van der Waals surface area contributed by atoms with Crippen LogP contribution in [0.2, 0.25) is 0 Å². The summed E-state index contributed by atoms with van der Waals surface area (Å²) in [6.07, 6.45) is 1.68. The molecule has 4 rings (SSSR count). The first-order valence-electron chi connectivity index (χ1n) is 10.5. The van der Waals surface area contributed by atoms with Crippen molar-refractivity contribution in [2.24, 2.45) is 0 Å². The van der Waals surface area contributed by atoms with Gasteiger partial charge in [0.2, 0.25) is 5.91 Å². The van der Waals surface area contributed by atoms with Gasteiger partial charge in [-0.3, -0.25) is 9.36 Å². The van der Waals surface area contributed by atoms with Gasteiger partial charge in [-0.1, -0.05) is 78.5 Å². The molecule has 5 nitrogen and oxygen atoms in total. The van der Waals surface area contributed by atoms with Crippen molar-refractivity contribution in [1.82, 2.24) is 20.1 Å². The summed E-state index contributed by atoms with van der Waals surface area (Å²) in [5, 5.41) is 12.2. The highest BCUT2D eigenvalue weighted by Crippen LogP contribution is 2.29. The van der Waals surface area contributed by atoms with E-state index in [2.05, 4.69) is 41.5 Å². The van der Waals surface area contributed by atoms with Crippen LogP contribution in [0.15, 0.2) is 90.3 Å². The fourth-order valence-electron chi connectivity index (χ4n) is 3.67. The maximum absolute atomic E-state index is 13.1. The number of nitrogens with zero attached hydrogens (tertiary/aromatic N) is 3. The lowest BCUT2D eigenvalue weighted by atomic mass is 9.84. The van der Waals surface area contributed by atoms with Gasteiger partial charge in [-0.05, 0) is 55.2 Å². The highest BCUT2D eigenvalue weighted by atomic mass is 32.2. The van der Waals surface area contributed by atoms with Gasteiger partial charge in [0.1, 0.15) is 6.33 Å². The van der Waals surface area contributed by atoms with Gasteiger partial charge < -0.3 is 5.32 Å². The van der Waals surface area contributed by atoms with Crippen LogP contribution >= 0.6 is 11.8 Å². The molecule has 3 aromatic carbocycles. The first kappa shape index (κ1) is 21.8. The number of amides is 1. The summed E-state index contributed by atoms with van der Waals surface area (Å²) < 4.78 is 1.91. The highest BCUT2D eigenvalue weighted by Gasteiger charge is 2.30. The molecule has 0 saturated carbocycles. The predicted molar refractivity (Wildman–Crippen MR) is 129 cm³/mol. The van der Waals surface area contributed by atoms with E-state index in [1.807, 2.05) is 78.2 Å². The van der Waals surface area contributed by atoms with Crippen LogP contribution in [0.5, 0.6) is 0 Å². The van der Waals surface area contributed by atoms with E-state index in [9.17, 15) is 4.79 Å². The second-order valence-corrected chi connectivity index (χ2v) is 8.89. The summed E-state index contributed by atoms with van der Waals surface area (Å²) in [4.78, 5) is 13.1. The number of hydrogen-bond donors (Lipinski definition) is 1. The summed E-state index contributed by atoms with van der Waals surface area (Å²) in [6.45, 7) is 6.21. The van der Waals surface area contributed by atoms with Crippen molar-refractivity contribution in [3.05, 3.63) is 107 Å². The topological polar surface area (TPSA) is 59.8 Å². The molecule has 1 N–H and O–H groups in total. The minimum atomic E-state index is -0.637. The van der Waals surface area contributed by atoms with Crippen LogP contribution in [0.4, 0.5) is 0 Å². The Labute approximate surface area is 192 Å². The van der Waals surface area contributed by atoms with Crippen molar-refractivity contribution >= 4 is 17.7 Å². The van der Waals surface area contributed by atoms with Crippen LogP contribution in [0.1, 0.15) is 29.2 Å². The molecule has 1 amide bonds. The Morgan fingerprint density at radius 1 is 0.938 bits per heavy atom. The summed E-state index contributed by atoms with van der Waals surface area (Å²) in [6, 6.07) is 26.3.